The lowest BCUT2D eigenvalue weighted by atomic mass is 9.95. The van der Waals surface area contributed by atoms with E-state index in [9.17, 15) is 9.59 Å². The molecule has 0 radical (unpaired) electrons. The highest BCUT2D eigenvalue weighted by molar-refractivity contribution is 6.31. The van der Waals surface area contributed by atoms with Crippen molar-refractivity contribution in [2.24, 2.45) is 5.92 Å². The molecule has 0 aromatic heterocycles. The minimum atomic E-state index is -0.131. The van der Waals surface area contributed by atoms with Gasteiger partial charge in [0.05, 0.1) is 11.4 Å². The third-order valence-corrected chi connectivity index (χ3v) is 7.37. The Kier molecular flexibility index (Phi) is 8.19. The summed E-state index contributed by atoms with van der Waals surface area (Å²) in [7, 11) is 4.29. The Morgan fingerprint density at radius 3 is 2.31 bits per heavy atom. The second kappa shape index (κ2) is 11.3. The molecular formula is C27H36ClN5O2. The Labute approximate surface area is 213 Å². The number of piperidine rings is 1. The average molecular weight is 498 g/mol. The number of carbonyl (C=O) groups is 2. The van der Waals surface area contributed by atoms with Gasteiger partial charge in [0, 0.05) is 62.3 Å². The first-order valence-corrected chi connectivity index (χ1v) is 12.8. The van der Waals surface area contributed by atoms with E-state index in [1.54, 1.807) is 6.07 Å². The van der Waals surface area contributed by atoms with Gasteiger partial charge in [-0.1, -0.05) is 23.7 Å². The number of benzene rings is 2. The lowest BCUT2D eigenvalue weighted by Crippen LogP contribution is -2.40. The van der Waals surface area contributed by atoms with Gasteiger partial charge in [-0.2, -0.15) is 0 Å². The van der Waals surface area contributed by atoms with Gasteiger partial charge in [-0.05, 0) is 69.3 Å². The number of anilines is 3. The SMILES string of the molecule is CC(=O)Nc1cc(Cl)ccc1N1CCC(C(=O)NCc2ccc(N3CCC(N(C)C)C3)cc2)CC1. The standard InChI is InChI=1S/C27H36ClN5O2/c1-19(34)30-25-16-22(28)6-9-26(25)32-13-10-21(11-14-32)27(35)29-17-20-4-7-23(8-5-20)33-15-12-24(18-33)31(2)3/h4-9,16,21,24H,10-15,17-18H2,1-3H3,(H,29,35)(H,30,34). The number of hydrogen-bond donors (Lipinski definition) is 2. The maximum atomic E-state index is 12.8. The van der Waals surface area contributed by atoms with Crippen LogP contribution in [0.1, 0.15) is 31.7 Å². The van der Waals surface area contributed by atoms with E-state index < -0.39 is 0 Å². The van der Waals surface area contributed by atoms with E-state index in [1.807, 2.05) is 12.1 Å². The van der Waals surface area contributed by atoms with Crippen LogP contribution in [-0.2, 0) is 16.1 Å². The lowest BCUT2D eigenvalue weighted by Gasteiger charge is -2.34. The van der Waals surface area contributed by atoms with Gasteiger partial charge in [0.15, 0.2) is 0 Å². The number of halogens is 1. The zero-order chi connectivity index (χ0) is 24.9. The van der Waals surface area contributed by atoms with Crippen LogP contribution in [-0.4, -0.2) is 63.0 Å². The molecule has 0 saturated carbocycles. The molecule has 2 aliphatic heterocycles. The van der Waals surface area contributed by atoms with E-state index in [1.165, 1.54) is 19.0 Å². The molecule has 1 atom stereocenters. The van der Waals surface area contributed by atoms with Gasteiger partial charge < -0.3 is 25.3 Å². The first-order valence-electron chi connectivity index (χ1n) is 12.4. The third kappa shape index (κ3) is 6.47. The molecule has 2 fully saturated rings. The molecule has 2 N–H and O–H groups in total. The van der Waals surface area contributed by atoms with Gasteiger partial charge in [-0.3, -0.25) is 9.59 Å². The van der Waals surface area contributed by atoms with Crippen LogP contribution in [0.15, 0.2) is 42.5 Å². The molecule has 2 aromatic rings. The number of nitrogens with one attached hydrogen (secondary N) is 2. The van der Waals surface area contributed by atoms with Crippen molar-refractivity contribution in [3.8, 4) is 0 Å². The first-order chi connectivity index (χ1) is 16.8. The molecule has 8 heteroatoms. The fourth-order valence-electron chi connectivity index (χ4n) is 5.01. The van der Waals surface area contributed by atoms with Crippen LogP contribution >= 0.6 is 11.6 Å². The number of nitrogens with zero attached hydrogens (tertiary/aromatic N) is 3. The number of hydrogen-bond acceptors (Lipinski definition) is 5. The van der Waals surface area contributed by atoms with Gasteiger partial charge in [0.25, 0.3) is 0 Å². The molecule has 2 aliphatic rings. The van der Waals surface area contributed by atoms with Crippen molar-refractivity contribution >= 4 is 40.5 Å². The first kappa shape index (κ1) is 25.3. The van der Waals surface area contributed by atoms with Crippen molar-refractivity contribution in [1.29, 1.82) is 0 Å². The third-order valence-electron chi connectivity index (χ3n) is 7.14. The number of rotatable bonds is 7. The minimum Gasteiger partial charge on any atom is -0.370 e. The maximum absolute atomic E-state index is 12.8. The Hall–Kier alpha value is -2.77. The van der Waals surface area contributed by atoms with Gasteiger partial charge in [-0.25, -0.2) is 0 Å². The smallest absolute Gasteiger partial charge is 0.223 e. The zero-order valence-electron chi connectivity index (χ0n) is 20.9. The molecule has 4 rings (SSSR count). The van der Waals surface area contributed by atoms with Crippen molar-refractivity contribution in [1.82, 2.24) is 10.2 Å². The van der Waals surface area contributed by atoms with Crippen LogP contribution < -0.4 is 20.4 Å². The molecular weight excluding hydrogens is 462 g/mol. The highest BCUT2D eigenvalue weighted by Crippen LogP contribution is 2.32. The van der Waals surface area contributed by atoms with E-state index in [-0.39, 0.29) is 17.7 Å². The zero-order valence-corrected chi connectivity index (χ0v) is 21.6. The summed E-state index contributed by atoms with van der Waals surface area (Å²) in [6.45, 7) is 5.69. The fourth-order valence-corrected chi connectivity index (χ4v) is 5.18. The number of likely N-dealkylation sites (N-methyl/N-ethyl adjacent to an activating group) is 1. The Morgan fingerprint density at radius 2 is 1.69 bits per heavy atom. The van der Waals surface area contributed by atoms with E-state index in [0.717, 1.165) is 50.3 Å². The van der Waals surface area contributed by atoms with Crippen molar-refractivity contribution in [2.45, 2.75) is 38.8 Å². The molecule has 188 valence electrons. The summed E-state index contributed by atoms with van der Waals surface area (Å²) >= 11 is 6.12. The van der Waals surface area contributed by atoms with Crippen LogP contribution in [0.3, 0.4) is 0 Å². The number of carbonyl (C=O) groups excluding carboxylic acids is 2. The molecule has 2 aromatic carbocycles. The van der Waals surface area contributed by atoms with Crippen LogP contribution in [0.25, 0.3) is 0 Å². The molecule has 0 aliphatic carbocycles. The molecule has 7 nitrogen and oxygen atoms in total. The fraction of sp³-hybridized carbons (Fsp3) is 0.481. The molecule has 1 unspecified atom stereocenters. The normalized spacial score (nSPS) is 18.7. The second-order valence-electron chi connectivity index (χ2n) is 9.84. The highest BCUT2D eigenvalue weighted by atomic mass is 35.5. The van der Waals surface area contributed by atoms with E-state index in [4.69, 9.17) is 11.6 Å². The number of amides is 2. The van der Waals surface area contributed by atoms with Crippen molar-refractivity contribution in [2.75, 3.05) is 55.4 Å². The predicted molar refractivity (Wildman–Crippen MR) is 143 cm³/mol. The molecule has 2 heterocycles. The Bertz CT molecular complexity index is 1030. The molecule has 35 heavy (non-hydrogen) atoms. The topological polar surface area (TPSA) is 67.9 Å². The maximum Gasteiger partial charge on any atom is 0.223 e. The van der Waals surface area contributed by atoms with Crippen LogP contribution in [0.4, 0.5) is 17.1 Å². The largest absolute Gasteiger partial charge is 0.370 e. The summed E-state index contributed by atoms with van der Waals surface area (Å²) < 4.78 is 0. The van der Waals surface area contributed by atoms with Gasteiger partial charge in [-0.15, -0.1) is 0 Å². The second-order valence-corrected chi connectivity index (χ2v) is 10.3. The minimum absolute atomic E-state index is 0.00499. The summed E-state index contributed by atoms with van der Waals surface area (Å²) in [6.07, 6.45) is 2.74. The van der Waals surface area contributed by atoms with Crippen molar-refractivity contribution in [3.63, 3.8) is 0 Å². The van der Waals surface area contributed by atoms with Crippen molar-refractivity contribution < 1.29 is 9.59 Å². The summed E-state index contributed by atoms with van der Waals surface area (Å²) in [4.78, 5) is 31.4. The quantitative estimate of drug-likeness (QED) is 0.605. The summed E-state index contributed by atoms with van der Waals surface area (Å²) in [6, 6.07) is 14.7. The van der Waals surface area contributed by atoms with Crippen LogP contribution in [0.5, 0.6) is 0 Å². The monoisotopic (exact) mass is 497 g/mol. The summed E-state index contributed by atoms with van der Waals surface area (Å²) in [5.74, 6) is -0.0242. The molecule has 0 spiro atoms. The van der Waals surface area contributed by atoms with Gasteiger partial charge >= 0.3 is 0 Å². The molecule has 2 amide bonds. The Morgan fingerprint density at radius 1 is 1.00 bits per heavy atom. The molecule has 2 saturated heterocycles. The average Bonchev–Trinajstić information content (AvgIpc) is 3.34. The Balaban J connectivity index is 1.26. The van der Waals surface area contributed by atoms with E-state index in [0.29, 0.717) is 23.3 Å². The van der Waals surface area contributed by atoms with Crippen LogP contribution in [0, 0.1) is 5.92 Å². The van der Waals surface area contributed by atoms with Crippen LogP contribution in [0.2, 0.25) is 5.02 Å². The van der Waals surface area contributed by atoms with Gasteiger partial charge in [0.1, 0.15) is 0 Å². The van der Waals surface area contributed by atoms with E-state index >= 15 is 0 Å². The van der Waals surface area contributed by atoms with Gasteiger partial charge in [0.2, 0.25) is 11.8 Å². The lowest BCUT2D eigenvalue weighted by molar-refractivity contribution is -0.125. The van der Waals surface area contributed by atoms with Crippen molar-refractivity contribution in [3.05, 3.63) is 53.1 Å². The summed E-state index contributed by atoms with van der Waals surface area (Å²) in [5, 5.41) is 6.57. The highest BCUT2D eigenvalue weighted by Gasteiger charge is 2.27. The molecule has 0 bridgehead atoms. The van der Waals surface area contributed by atoms with E-state index in [2.05, 4.69) is 63.7 Å². The predicted octanol–water partition coefficient (Wildman–Crippen LogP) is 3.97. The summed E-state index contributed by atoms with van der Waals surface area (Å²) in [5.41, 5.74) is 4.02.